The summed E-state index contributed by atoms with van der Waals surface area (Å²) in [6.45, 7) is 2.60. The van der Waals surface area contributed by atoms with Crippen molar-refractivity contribution < 1.29 is 36.5 Å². The normalized spacial score (nSPS) is 20.2. The summed E-state index contributed by atoms with van der Waals surface area (Å²) < 4.78 is 68.9. The van der Waals surface area contributed by atoms with Crippen LogP contribution in [0.3, 0.4) is 0 Å². The number of anilines is 1. The summed E-state index contributed by atoms with van der Waals surface area (Å²) in [5.41, 5.74) is -0.673. The summed E-state index contributed by atoms with van der Waals surface area (Å²) >= 11 is 0. The van der Waals surface area contributed by atoms with Gasteiger partial charge in [0.15, 0.2) is 9.84 Å². The number of nitrogens with one attached hydrogen (secondary N) is 4. The van der Waals surface area contributed by atoms with Gasteiger partial charge in [-0.25, -0.2) is 8.42 Å². The fourth-order valence-electron chi connectivity index (χ4n) is 5.08. The zero-order valence-electron chi connectivity index (χ0n) is 23.4. The lowest BCUT2D eigenvalue weighted by Gasteiger charge is -2.27. The van der Waals surface area contributed by atoms with E-state index in [0.717, 1.165) is 18.2 Å². The Bertz CT molecular complexity index is 1520. The maximum Gasteiger partial charge on any atom is 0.417 e. The van der Waals surface area contributed by atoms with Crippen LogP contribution in [0.15, 0.2) is 65.3 Å². The molecule has 1 heterocycles. The number of carbonyl (C=O) groups excluding carboxylic acids is 2. The topological polar surface area (TPSA) is 148 Å². The quantitative estimate of drug-likeness (QED) is 0.159. The molecule has 2 aromatic carbocycles. The highest BCUT2D eigenvalue weighted by molar-refractivity contribution is 7.92. The predicted molar refractivity (Wildman–Crippen MR) is 151 cm³/mol. The van der Waals surface area contributed by atoms with Gasteiger partial charge in [-0.3, -0.25) is 20.2 Å². The van der Waals surface area contributed by atoms with Crippen LogP contribution in [-0.2, 0) is 25.6 Å². The number of hydrogen-bond acceptors (Lipinski definition) is 7. The molecule has 6 N–H and O–H groups in total. The molecule has 2 amide bonds. The summed E-state index contributed by atoms with van der Waals surface area (Å²) in [6, 6.07) is 9.78. The minimum Gasteiger partial charge on any atom is -0.336 e. The second kappa shape index (κ2) is 11.9. The first-order valence-electron chi connectivity index (χ1n) is 13.3. The number of nitrogens with two attached hydrogens (primary N) is 1. The Morgan fingerprint density at radius 1 is 1.12 bits per heavy atom. The number of carbonyl (C=O) groups is 2. The third-order valence-corrected chi connectivity index (χ3v) is 9.50. The average Bonchev–Trinajstić information content (AvgIpc) is 3.52. The molecular formula is C28H34F3N6O4S+. The minimum atomic E-state index is -4.89. The van der Waals surface area contributed by atoms with Gasteiger partial charge in [-0.1, -0.05) is 18.2 Å². The first-order chi connectivity index (χ1) is 19.6. The van der Waals surface area contributed by atoms with E-state index in [-0.39, 0.29) is 24.6 Å². The Kier molecular flexibility index (Phi) is 8.81. The van der Waals surface area contributed by atoms with Crippen molar-refractivity contribution in [2.45, 2.75) is 61.1 Å². The van der Waals surface area contributed by atoms with Crippen LogP contribution in [-0.4, -0.2) is 61.4 Å². The molecular weight excluding hydrogens is 573 g/mol. The van der Waals surface area contributed by atoms with Crippen molar-refractivity contribution in [2.75, 3.05) is 18.9 Å². The molecule has 2 aromatic rings. The Hall–Kier alpha value is -3.75. The van der Waals surface area contributed by atoms with Crippen LogP contribution in [0.25, 0.3) is 0 Å². The SMILES string of the molecule is CNC1(NC(=O)C2CC(S(=O)(=O)c3ccccc3C(F)(F)F)CN2C(=CC(C)=N)[NH2+]c2cccc(NC(C)=O)c2)CC1. The van der Waals surface area contributed by atoms with Gasteiger partial charge in [0.1, 0.15) is 11.7 Å². The fourth-order valence-corrected chi connectivity index (χ4v) is 6.99. The van der Waals surface area contributed by atoms with E-state index >= 15 is 0 Å². The molecule has 0 aromatic heterocycles. The van der Waals surface area contributed by atoms with Gasteiger partial charge >= 0.3 is 6.18 Å². The molecule has 2 aliphatic rings. The number of sulfone groups is 1. The molecule has 1 saturated heterocycles. The average molecular weight is 608 g/mol. The lowest BCUT2D eigenvalue weighted by atomic mass is 10.2. The molecule has 0 bridgehead atoms. The van der Waals surface area contributed by atoms with Crippen molar-refractivity contribution in [3.8, 4) is 0 Å². The third-order valence-electron chi connectivity index (χ3n) is 7.31. The standard InChI is InChI=1S/C28H33F3N6O4S/c1-17(32)13-25(35-20-8-6-7-19(14-20)34-18(2)38)37-16-21(15-23(37)26(39)36-27(33-3)11-12-27)42(40,41)24-10-5-4-9-22(24)28(29,30)31/h4-10,13-14,21,23,32-33,35H,11-12,15-16H2,1-3H3,(H,34,38)(H,36,39)/p+1. The first kappa shape index (κ1) is 31.2. The van der Waals surface area contributed by atoms with Gasteiger partial charge in [-0.15, -0.1) is 0 Å². The molecule has 1 aliphatic carbocycles. The highest BCUT2D eigenvalue weighted by Crippen LogP contribution is 2.38. The summed E-state index contributed by atoms with van der Waals surface area (Å²) in [6.07, 6.45) is -2.33. The van der Waals surface area contributed by atoms with Gasteiger partial charge in [0.2, 0.25) is 17.6 Å². The summed E-state index contributed by atoms with van der Waals surface area (Å²) in [5.74, 6) is -0.420. The van der Waals surface area contributed by atoms with E-state index < -0.39 is 49.3 Å². The van der Waals surface area contributed by atoms with Gasteiger partial charge in [0.25, 0.3) is 0 Å². The molecule has 2 fully saturated rings. The largest absolute Gasteiger partial charge is 0.417 e. The summed E-state index contributed by atoms with van der Waals surface area (Å²) in [5, 5.41) is 17.1. The van der Waals surface area contributed by atoms with Gasteiger partial charge in [0.05, 0.1) is 21.4 Å². The van der Waals surface area contributed by atoms with E-state index in [1.165, 1.54) is 30.9 Å². The number of hydrogen-bond donors (Lipinski definition) is 5. The van der Waals surface area contributed by atoms with Gasteiger partial charge in [-0.2, -0.15) is 13.2 Å². The molecule has 4 rings (SSSR count). The van der Waals surface area contributed by atoms with Crippen LogP contribution in [0, 0.1) is 5.41 Å². The second-order valence-corrected chi connectivity index (χ2v) is 12.8. The number of alkyl halides is 3. The van der Waals surface area contributed by atoms with E-state index in [1.807, 2.05) is 0 Å². The highest BCUT2D eigenvalue weighted by atomic mass is 32.2. The number of benzene rings is 2. The third kappa shape index (κ3) is 6.99. The highest BCUT2D eigenvalue weighted by Gasteiger charge is 2.50. The van der Waals surface area contributed by atoms with Crippen LogP contribution in [0.1, 0.15) is 38.7 Å². The molecule has 2 atom stereocenters. The number of nitrogens with zero attached hydrogens (tertiary/aromatic N) is 1. The van der Waals surface area contributed by atoms with Crippen molar-refractivity contribution in [3.63, 3.8) is 0 Å². The van der Waals surface area contributed by atoms with Crippen LogP contribution < -0.4 is 21.3 Å². The van der Waals surface area contributed by atoms with Crippen molar-refractivity contribution in [2.24, 2.45) is 0 Å². The van der Waals surface area contributed by atoms with E-state index in [9.17, 15) is 31.2 Å². The Morgan fingerprint density at radius 3 is 2.40 bits per heavy atom. The summed E-state index contributed by atoms with van der Waals surface area (Å²) in [4.78, 5) is 25.9. The molecule has 1 aliphatic heterocycles. The van der Waals surface area contributed by atoms with Crippen LogP contribution in [0.2, 0.25) is 0 Å². The van der Waals surface area contributed by atoms with Crippen LogP contribution in [0.4, 0.5) is 24.5 Å². The van der Waals surface area contributed by atoms with E-state index in [2.05, 4.69) is 16.0 Å². The molecule has 1 saturated carbocycles. The molecule has 14 heteroatoms. The van der Waals surface area contributed by atoms with Crippen molar-refractivity contribution in [1.82, 2.24) is 15.5 Å². The van der Waals surface area contributed by atoms with Gasteiger partial charge in [-0.05, 0) is 57.5 Å². The first-order valence-corrected chi connectivity index (χ1v) is 14.9. The summed E-state index contributed by atoms with van der Waals surface area (Å²) in [7, 11) is -2.85. The number of rotatable bonds is 10. The number of quaternary nitrogens is 1. The number of amides is 2. The number of likely N-dealkylation sites (tertiary alicyclic amines) is 1. The number of halogens is 3. The molecule has 226 valence electrons. The Labute approximate surface area is 242 Å². The maximum atomic E-state index is 13.8. The molecule has 0 spiro atoms. The maximum absolute atomic E-state index is 13.8. The lowest BCUT2D eigenvalue weighted by Crippen LogP contribution is -2.80. The molecule has 0 radical (unpaired) electrons. The molecule has 10 nitrogen and oxygen atoms in total. The van der Waals surface area contributed by atoms with Gasteiger partial charge < -0.3 is 20.9 Å². The predicted octanol–water partition coefficient (Wildman–Crippen LogP) is 2.48. The van der Waals surface area contributed by atoms with Crippen LogP contribution >= 0.6 is 0 Å². The van der Waals surface area contributed by atoms with Gasteiger partial charge in [0, 0.05) is 37.0 Å². The smallest absolute Gasteiger partial charge is 0.336 e. The lowest BCUT2D eigenvalue weighted by molar-refractivity contribution is -0.536. The zero-order chi connectivity index (χ0) is 30.9. The van der Waals surface area contributed by atoms with Crippen molar-refractivity contribution in [1.29, 1.82) is 5.41 Å². The zero-order valence-corrected chi connectivity index (χ0v) is 24.2. The molecule has 2 unspecified atom stereocenters. The minimum absolute atomic E-state index is 0.112. The molecule has 42 heavy (non-hydrogen) atoms. The van der Waals surface area contributed by atoms with E-state index in [4.69, 9.17) is 5.41 Å². The van der Waals surface area contributed by atoms with Crippen LogP contribution in [0.5, 0.6) is 0 Å². The van der Waals surface area contributed by atoms with E-state index in [1.54, 1.807) is 36.6 Å². The Morgan fingerprint density at radius 2 is 1.81 bits per heavy atom. The van der Waals surface area contributed by atoms with Crippen molar-refractivity contribution >= 4 is 38.7 Å². The van der Waals surface area contributed by atoms with E-state index in [0.29, 0.717) is 30.0 Å². The fraction of sp³-hybridized carbons (Fsp3) is 0.393. The second-order valence-electron chi connectivity index (χ2n) is 10.6. The number of allylic oxidation sites excluding steroid dienone is 1. The Balaban J connectivity index is 1.74. The monoisotopic (exact) mass is 607 g/mol. The van der Waals surface area contributed by atoms with Crippen molar-refractivity contribution in [3.05, 3.63) is 66.0 Å².